The first kappa shape index (κ1) is 22.3. The number of nitrogens with one attached hydrogen (secondary N) is 1. The Labute approximate surface area is 190 Å². The highest BCUT2D eigenvalue weighted by Crippen LogP contribution is 2.28. The van der Waals surface area contributed by atoms with Gasteiger partial charge >= 0.3 is 0 Å². The number of rotatable bonds is 6. The number of ketones is 1. The molecule has 0 radical (unpaired) electrons. The van der Waals surface area contributed by atoms with Crippen molar-refractivity contribution in [1.82, 2.24) is 10.2 Å². The van der Waals surface area contributed by atoms with Gasteiger partial charge in [-0.25, -0.2) is 0 Å². The van der Waals surface area contributed by atoms with Crippen LogP contribution in [0.15, 0.2) is 42.5 Å². The molecular formula is C26H33N3O3. The number of carbonyl (C=O) groups is 2. The van der Waals surface area contributed by atoms with Crippen molar-refractivity contribution in [2.75, 3.05) is 51.3 Å². The maximum Gasteiger partial charge on any atom is 0.223 e. The summed E-state index contributed by atoms with van der Waals surface area (Å²) in [6.07, 6.45) is 3.66. The Hall–Kier alpha value is -2.86. The van der Waals surface area contributed by atoms with E-state index in [0.29, 0.717) is 13.1 Å². The second kappa shape index (κ2) is 10.6. The number of benzene rings is 2. The number of nitrogens with zero attached hydrogens (tertiary/aromatic N) is 2. The molecule has 0 unspecified atom stereocenters. The number of fused-ring (bicyclic) bond motifs is 1. The van der Waals surface area contributed by atoms with Crippen molar-refractivity contribution < 1.29 is 14.3 Å². The van der Waals surface area contributed by atoms with Crippen LogP contribution >= 0.6 is 0 Å². The molecule has 32 heavy (non-hydrogen) atoms. The van der Waals surface area contributed by atoms with Gasteiger partial charge in [0.25, 0.3) is 0 Å². The summed E-state index contributed by atoms with van der Waals surface area (Å²) < 4.78 is 5.46. The quantitative estimate of drug-likeness (QED) is 0.707. The van der Waals surface area contributed by atoms with Crippen molar-refractivity contribution in [2.45, 2.75) is 32.1 Å². The third kappa shape index (κ3) is 5.30. The molecule has 2 aromatic rings. The van der Waals surface area contributed by atoms with Crippen molar-refractivity contribution >= 4 is 17.4 Å². The maximum absolute atomic E-state index is 12.8. The Kier molecular flexibility index (Phi) is 7.43. The first-order valence-electron chi connectivity index (χ1n) is 11.7. The van der Waals surface area contributed by atoms with E-state index in [-0.39, 0.29) is 24.5 Å². The highest BCUT2D eigenvalue weighted by molar-refractivity contribution is 5.98. The number of anilines is 1. The average molecular weight is 436 g/mol. The predicted molar refractivity (Wildman–Crippen MR) is 127 cm³/mol. The molecule has 0 saturated carbocycles. The fourth-order valence-electron chi connectivity index (χ4n) is 4.64. The van der Waals surface area contributed by atoms with Gasteiger partial charge in [0.15, 0.2) is 5.78 Å². The molecule has 6 heteroatoms. The van der Waals surface area contributed by atoms with Crippen LogP contribution in [-0.2, 0) is 17.6 Å². The highest BCUT2D eigenvalue weighted by atomic mass is 16.5. The summed E-state index contributed by atoms with van der Waals surface area (Å²) in [5.41, 5.74) is 4.42. The molecular weight excluding hydrogens is 402 g/mol. The number of aryl methyl sites for hydroxylation is 1. The molecule has 0 aromatic heterocycles. The number of ether oxygens (including phenoxy) is 1. The number of Topliss-reactive ketones (excluding diaryl/α,β-unsaturated/α-hetero) is 1. The minimum Gasteiger partial charge on any atom is -0.495 e. The molecule has 1 amide bonds. The molecule has 0 atom stereocenters. The van der Waals surface area contributed by atoms with E-state index in [2.05, 4.69) is 16.3 Å². The van der Waals surface area contributed by atoms with Gasteiger partial charge in [-0.3, -0.25) is 9.59 Å². The lowest BCUT2D eigenvalue weighted by Crippen LogP contribution is -2.48. The van der Waals surface area contributed by atoms with Gasteiger partial charge in [-0.2, -0.15) is 0 Å². The molecule has 6 nitrogen and oxygen atoms in total. The van der Waals surface area contributed by atoms with E-state index in [4.69, 9.17) is 4.74 Å². The van der Waals surface area contributed by atoms with Crippen molar-refractivity contribution in [1.29, 1.82) is 0 Å². The summed E-state index contributed by atoms with van der Waals surface area (Å²) in [4.78, 5) is 29.6. The number of amides is 1. The number of carbonyl (C=O) groups excluding carboxylic acids is 2. The van der Waals surface area contributed by atoms with Gasteiger partial charge in [-0.05, 0) is 61.7 Å². The molecule has 1 N–H and O–H groups in total. The predicted octanol–water partition coefficient (Wildman–Crippen LogP) is 3.09. The maximum atomic E-state index is 12.8. The summed E-state index contributed by atoms with van der Waals surface area (Å²) in [6.45, 7) is 4.85. The Balaban J connectivity index is 1.29. The molecule has 4 rings (SSSR count). The summed E-state index contributed by atoms with van der Waals surface area (Å²) in [6, 6.07) is 14.1. The highest BCUT2D eigenvalue weighted by Gasteiger charge is 2.23. The summed E-state index contributed by atoms with van der Waals surface area (Å²) >= 11 is 0. The molecule has 2 aromatic carbocycles. The third-order valence-electron chi connectivity index (χ3n) is 6.52. The Morgan fingerprint density at radius 3 is 2.56 bits per heavy atom. The van der Waals surface area contributed by atoms with E-state index in [1.165, 1.54) is 11.1 Å². The van der Waals surface area contributed by atoms with Gasteiger partial charge in [-0.1, -0.05) is 24.3 Å². The van der Waals surface area contributed by atoms with Crippen LogP contribution in [0.3, 0.4) is 0 Å². The first-order chi connectivity index (χ1) is 15.7. The van der Waals surface area contributed by atoms with Crippen molar-refractivity contribution in [2.24, 2.45) is 0 Å². The van der Waals surface area contributed by atoms with E-state index in [0.717, 1.165) is 62.4 Å². The summed E-state index contributed by atoms with van der Waals surface area (Å²) in [5.74, 6) is 0.974. The Morgan fingerprint density at radius 1 is 0.938 bits per heavy atom. The zero-order chi connectivity index (χ0) is 22.3. The molecule has 0 spiro atoms. The van der Waals surface area contributed by atoms with Gasteiger partial charge in [0, 0.05) is 44.6 Å². The van der Waals surface area contributed by atoms with E-state index in [1.807, 2.05) is 41.3 Å². The lowest BCUT2D eigenvalue weighted by molar-refractivity contribution is -0.131. The number of hydrogen-bond acceptors (Lipinski definition) is 5. The SMILES string of the molecule is COc1ccccc1N1CCN(C(=O)CCC(=O)c2ccc3c(c2)CCNCCC3)CC1. The Morgan fingerprint density at radius 2 is 1.75 bits per heavy atom. The van der Waals surface area contributed by atoms with Crippen LogP contribution in [0.1, 0.15) is 40.7 Å². The van der Waals surface area contributed by atoms with Crippen molar-refractivity contribution in [3.63, 3.8) is 0 Å². The van der Waals surface area contributed by atoms with Crippen LogP contribution in [0.25, 0.3) is 0 Å². The van der Waals surface area contributed by atoms with Gasteiger partial charge < -0.3 is 19.9 Å². The van der Waals surface area contributed by atoms with Crippen LogP contribution in [0.4, 0.5) is 5.69 Å². The molecule has 170 valence electrons. The fourth-order valence-corrected chi connectivity index (χ4v) is 4.64. The van der Waals surface area contributed by atoms with Crippen LogP contribution in [0, 0.1) is 0 Å². The lowest BCUT2D eigenvalue weighted by Gasteiger charge is -2.36. The molecule has 2 aliphatic rings. The zero-order valence-corrected chi connectivity index (χ0v) is 18.9. The largest absolute Gasteiger partial charge is 0.495 e. The minimum absolute atomic E-state index is 0.0591. The standard InChI is InChI=1S/C26H33N3O3/c1-32-25-7-3-2-6-23(25)28-15-17-29(18-16-28)26(31)11-10-24(30)22-9-8-20-5-4-13-27-14-12-21(20)19-22/h2-3,6-9,19,27H,4-5,10-18H2,1H3. The number of methoxy groups -OCH3 is 1. The van der Waals surface area contributed by atoms with E-state index >= 15 is 0 Å². The third-order valence-corrected chi connectivity index (χ3v) is 6.52. The number of hydrogen-bond donors (Lipinski definition) is 1. The molecule has 2 aliphatic heterocycles. The summed E-state index contributed by atoms with van der Waals surface area (Å²) in [7, 11) is 1.68. The lowest BCUT2D eigenvalue weighted by atomic mass is 9.94. The first-order valence-corrected chi connectivity index (χ1v) is 11.7. The van der Waals surface area contributed by atoms with Gasteiger partial charge in [0.05, 0.1) is 12.8 Å². The summed E-state index contributed by atoms with van der Waals surface area (Å²) in [5, 5.41) is 3.43. The van der Waals surface area contributed by atoms with E-state index < -0.39 is 0 Å². The molecule has 0 bridgehead atoms. The van der Waals surface area contributed by atoms with Gasteiger partial charge in [0.1, 0.15) is 5.75 Å². The topological polar surface area (TPSA) is 61.9 Å². The second-order valence-electron chi connectivity index (χ2n) is 8.55. The smallest absolute Gasteiger partial charge is 0.223 e. The molecule has 2 heterocycles. The second-order valence-corrected chi connectivity index (χ2v) is 8.55. The monoisotopic (exact) mass is 435 g/mol. The molecule has 1 fully saturated rings. The number of piperazine rings is 1. The van der Waals surface area contributed by atoms with Crippen molar-refractivity contribution in [3.05, 3.63) is 59.2 Å². The minimum atomic E-state index is 0.0591. The fraction of sp³-hybridized carbons (Fsp3) is 0.462. The van der Waals surface area contributed by atoms with Crippen LogP contribution in [-0.4, -0.2) is 63.0 Å². The van der Waals surface area contributed by atoms with E-state index in [1.54, 1.807) is 7.11 Å². The average Bonchev–Trinajstić information content (AvgIpc) is 2.82. The van der Waals surface area contributed by atoms with Crippen LogP contribution < -0.4 is 15.0 Å². The van der Waals surface area contributed by atoms with Gasteiger partial charge in [-0.15, -0.1) is 0 Å². The van der Waals surface area contributed by atoms with Crippen molar-refractivity contribution in [3.8, 4) is 5.75 Å². The zero-order valence-electron chi connectivity index (χ0n) is 18.9. The van der Waals surface area contributed by atoms with E-state index in [9.17, 15) is 9.59 Å². The van der Waals surface area contributed by atoms with Crippen LogP contribution in [0.5, 0.6) is 5.75 Å². The van der Waals surface area contributed by atoms with Gasteiger partial charge in [0.2, 0.25) is 5.91 Å². The number of para-hydroxylation sites is 2. The normalized spacial score (nSPS) is 16.7. The molecule has 0 aliphatic carbocycles. The Bertz CT molecular complexity index is 951. The van der Waals surface area contributed by atoms with Crippen LogP contribution in [0.2, 0.25) is 0 Å². The molecule has 1 saturated heterocycles.